The first-order valence-electron chi connectivity index (χ1n) is 3.41. The van der Waals surface area contributed by atoms with Crippen LogP contribution in [0.25, 0.3) is 0 Å². The predicted molar refractivity (Wildman–Crippen MR) is 45.8 cm³/mol. The van der Waals surface area contributed by atoms with Crippen LogP contribution in [0.5, 0.6) is 0 Å². The van der Waals surface area contributed by atoms with Gasteiger partial charge in [-0.15, -0.1) is 5.60 Å². The van der Waals surface area contributed by atoms with Gasteiger partial charge in [-0.2, -0.15) is 6.42 Å². The number of hydrogen-bond acceptors (Lipinski definition) is 1. The molecule has 0 amide bonds. The van der Waals surface area contributed by atoms with Crippen LogP contribution in [-0.4, -0.2) is 28.7 Å². The Labute approximate surface area is 112 Å². The first-order valence-corrected chi connectivity index (χ1v) is 3.41. The van der Waals surface area contributed by atoms with Crippen LogP contribution in [0.3, 0.4) is 0 Å². The molecule has 0 N–H and O–H groups in total. The summed E-state index contributed by atoms with van der Waals surface area (Å²) < 4.78 is 0. The van der Waals surface area contributed by atoms with Gasteiger partial charge in [-0.3, -0.25) is 0 Å². The van der Waals surface area contributed by atoms with Gasteiger partial charge in [-0.1, -0.05) is 34.1 Å². The van der Waals surface area contributed by atoms with E-state index in [1.54, 1.807) is 20.8 Å². The van der Waals surface area contributed by atoms with E-state index in [1.165, 1.54) is 6.42 Å². The summed E-state index contributed by atoms with van der Waals surface area (Å²) in [4.78, 5) is 0. The Kier molecular flexibility index (Phi) is 44.8. The largest absolute Gasteiger partial charge is 2.00 e. The fourth-order valence-electron chi connectivity index (χ4n) is 0. The first kappa shape index (κ1) is 29.2. The third-order valence-electron chi connectivity index (χ3n) is 0.354. The SMILES string of the molecule is CC(C)(C)[O-].[CH2-]CCC.[Cl-].[Li+].[Mg+2]. The van der Waals surface area contributed by atoms with Gasteiger partial charge in [0.2, 0.25) is 0 Å². The fourth-order valence-corrected chi connectivity index (χ4v) is 0. The maximum atomic E-state index is 10.1. The molecule has 12 heavy (non-hydrogen) atoms. The molecule has 1 nitrogen and oxygen atoms in total. The molecule has 0 aromatic heterocycles. The van der Waals surface area contributed by atoms with Gasteiger partial charge in [0.1, 0.15) is 0 Å². The van der Waals surface area contributed by atoms with Crippen molar-refractivity contribution in [2.45, 2.75) is 46.1 Å². The van der Waals surface area contributed by atoms with Gasteiger partial charge in [-0.25, -0.2) is 0 Å². The second kappa shape index (κ2) is 18.4. The molecule has 0 rings (SSSR count). The molecular formula is C8H18ClLiMgO. The minimum atomic E-state index is -0.750. The standard InChI is InChI=1S/C4H9O.C4H9.ClH.Li.Mg/c1-4(2,3)5;1-3-4-2;;;/h1-3H3;1,3-4H2,2H3;1H;;/q2*-1;;+1;+2/p-1. The van der Waals surface area contributed by atoms with E-state index in [2.05, 4.69) is 13.8 Å². The molecule has 0 fully saturated rings. The van der Waals surface area contributed by atoms with Crippen LogP contribution in [0.1, 0.15) is 40.5 Å². The molecule has 0 atom stereocenters. The Morgan fingerprint density at radius 2 is 1.33 bits per heavy atom. The zero-order valence-corrected chi connectivity index (χ0v) is 11.3. The van der Waals surface area contributed by atoms with Gasteiger partial charge in [0.15, 0.2) is 0 Å². The molecule has 0 aliphatic carbocycles. The van der Waals surface area contributed by atoms with Crippen LogP contribution in [0.2, 0.25) is 0 Å². The molecule has 0 aromatic carbocycles. The summed E-state index contributed by atoms with van der Waals surface area (Å²) in [7, 11) is 0. The molecule has 0 unspecified atom stereocenters. The average Bonchev–Trinajstić information content (AvgIpc) is 1.61. The molecule has 4 heteroatoms. The number of halogens is 1. The summed E-state index contributed by atoms with van der Waals surface area (Å²) in [5.74, 6) is 0. The van der Waals surface area contributed by atoms with Gasteiger partial charge in [0, 0.05) is 0 Å². The molecule has 0 spiro atoms. The second-order valence-electron chi connectivity index (χ2n) is 2.97. The van der Waals surface area contributed by atoms with Crippen LogP contribution >= 0.6 is 0 Å². The first-order chi connectivity index (χ1) is 3.91. The molecule has 0 aliphatic rings. The quantitative estimate of drug-likeness (QED) is 0.306. The van der Waals surface area contributed by atoms with Gasteiger partial charge >= 0.3 is 41.9 Å². The second-order valence-corrected chi connectivity index (χ2v) is 2.97. The van der Waals surface area contributed by atoms with Crippen molar-refractivity contribution in [3.63, 3.8) is 0 Å². The molecule has 66 valence electrons. The van der Waals surface area contributed by atoms with Crippen molar-refractivity contribution in [2.24, 2.45) is 0 Å². The summed E-state index contributed by atoms with van der Waals surface area (Å²) in [6.07, 6.45) is 2.28. The Morgan fingerprint density at radius 3 is 1.33 bits per heavy atom. The van der Waals surface area contributed by atoms with Crippen molar-refractivity contribution in [1.82, 2.24) is 0 Å². The minimum Gasteiger partial charge on any atom is -1.00 e. The molecule has 0 bridgehead atoms. The number of unbranched alkanes of at least 4 members (excludes halogenated alkanes) is 1. The van der Waals surface area contributed by atoms with Gasteiger partial charge in [-0.05, 0) is 0 Å². The van der Waals surface area contributed by atoms with Crippen molar-refractivity contribution < 1.29 is 36.4 Å². The smallest absolute Gasteiger partial charge is 1.00 e. The Morgan fingerprint density at radius 1 is 1.25 bits per heavy atom. The van der Waals surface area contributed by atoms with Gasteiger partial charge in [0.05, 0.1) is 0 Å². The van der Waals surface area contributed by atoms with Crippen LogP contribution < -0.4 is 36.4 Å². The van der Waals surface area contributed by atoms with Crippen LogP contribution in [-0.2, 0) is 0 Å². The Hall–Kier alpha value is 1.61. The fraction of sp³-hybridized carbons (Fsp3) is 0.875. The van der Waals surface area contributed by atoms with Crippen molar-refractivity contribution in [3.05, 3.63) is 6.92 Å². The summed E-state index contributed by atoms with van der Waals surface area (Å²) in [5, 5.41) is 10.1. The minimum absolute atomic E-state index is 0. The Balaban J connectivity index is -0.0000000221. The van der Waals surface area contributed by atoms with E-state index in [1.807, 2.05) is 0 Å². The molecule has 0 aromatic rings. The third-order valence-corrected chi connectivity index (χ3v) is 0.354. The monoisotopic (exact) mass is 196 g/mol. The summed E-state index contributed by atoms with van der Waals surface area (Å²) in [6, 6.07) is 0. The number of rotatable bonds is 1. The Bertz CT molecular complexity index is 49.5. The molecule has 0 saturated heterocycles. The zero-order valence-electron chi connectivity index (χ0n) is 9.11. The van der Waals surface area contributed by atoms with Crippen LogP contribution in [0.15, 0.2) is 0 Å². The third kappa shape index (κ3) is 192. The summed E-state index contributed by atoms with van der Waals surface area (Å²) in [6.45, 7) is 10.6. The summed E-state index contributed by atoms with van der Waals surface area (Å²) >= 11 is 0. The maximum absolute atomic E-state index is 10.1. The van der Waals surface area contributed by atoms with E-state index in [0.717, 1.165) is 6.42 Å². The average molecular weight is 197 g/mol. The van der Waals surface area contributed by atoms with Crippen molar-refractivity contribution >= 4 is 23.1 Å². The van der Waals surface area contributed by atoms with E-state index in [4.69, 9.17) is 0 Å². The molecular weight excluding hydrogens is 179 g/mol. The molecule has 0 heterocycles. The molecule has 0 saturated carbocycles. The molecule has 0 radical (unpaired) electrons. The van der Waals surface area contributed by atoms with Gasteiger partial charge in [0.25, 0.3) is 0 Å². The van der Waals surface area contributed by atoms with Crippen LogP contribution in [0, 0.1) is 6.92 Å². The van der Waals surface area contributed by atoms with Crippen molar-refractivity contribution in [3.8, 4) is 0 Å². The molecule has 0 aliphatic heterocycles. The van der Waals surface area contributed by atoms with Gasteiger partial charge < -0.3 is 24.4 Å². The number of hydrogen-bond donors (Lipinski definition) is 0. The predicted octanol–water partition coefficient (Wildman–Crippen LogP) is -4.61. The van der Waals surface area contributed by atoms with E-state index in [0.29, 0.717) is 0 Å². The normalized spacial score (nSPS) is 7.50. The summed E-state index contributed by atoms with van der Waals surface area (Å²) in [5.41, 5.74) is -0.750. The zero-order chi connectivity index (χ0) is 7.91. The van der Waals surface area contributed by atoms with E-state index in [-0.39, 0.29) is 54.3 Å². The topological polar surface area (TPSA) is 23.1 Å². The van der Waals surface area contributed by atoms with E-state index < -0.39 is 5.60 Å². The van der Waals surface area contributed by atoms with Crippen molar-refractivity contribution in [2.75, 3.05) is 0 Å². The van der Waals surface area contributed by atoms with Crippen molar-refractivity contribution in [1.29, 1.82) is 0 Å². The maximum Gasteiger partial charge on any atom is 2.00 e. The van der Waals surface area contributed by atoms with Crippen LogP contribution in [0.4, 0.5) is 0 Å². The van der Waals surface area contributed by atoms with E-state index in [9.17, 15) is 5.11 Å². The van der Waals surface area contributed by atoms with E-state index >= 15 is 0 Å².